The predicted octanol–water partition coefficient (Wildman–Crippen LogP) is 7.13. The number of benzene rings is 3. The number of hydrogen-bond donors (Lipinski definition) is 1. The van der Waals surface area contributed by atoms with Gasteiger partial charge in [-0.25, -0.2) is 9.07 Å². The standard InChI is InChI=1S/C25H16Cl2FN3OS/c26-19-7-4-8-20-21(19)22(27)24(33-20)25(32)29-13-16-14-31(18-5-2-1-3-6-18)30-23(16)15-9-11-17(28)12-10-15/h1-12,14H,13H2,(H,29,32). The molecule has 4 nitrogen and oxygen atoms in total. The van der Waals surface area contributed by atoms with Crippen LogP contribution in [0.3, 0.4) is 0 Å². The molecule has 5 aromatic rings. The lowest BCUT2D eigenvalue weighted by Crippen LogP contribution is -2.22. The van der Waals surface area contributed by atoms with E-state index >= 15 is 0 Å². The number of nitrogens with one attached hydrogen (secondary N) is 1. The Morgan fingerprint density at radius 2 is 1.76 bits per heavy atom. The molecular formula is C25H16Cl2FN3OS. The van der Waals surface area contributed by atoms with Gasteiger partial charge in [0, 0.05) is 34.0 Å². The fourth-order valence-electron chi connectivity index (χ4n) is 3.58. The Labute approximate surface area is 203 Å². The summed E-state index contributed by atoms with van der Waals surface area (Å²) in [5, 5.41) is 9.17. The largest absolute Gasteiger partial charge is 0.347 e. The lowest BCUT2D eigenvalue weighted by atomic mass is 10.1. The second-order valence-corrected chi connectivity index (χ2v) is 9.17. The van der Waals surface area contributed by atoms with Crippen molar-refractivity contribution in [2.75, 3.05) is 0 Å². The number of thiophene rings is 1. The van der Waals surface area contributed by atoms with Crippen molar-refractivity contribution in [3.8, 4) is 16.9 Å². The number of rotatable bonds is 5. The molecule has 8 heteroatoms. The molecule has 0 unspecified atom stereocenters. The molecule has 2 heterocycles. The summed E-state index contributed by atoms with van der Waals surface area (Å²) in [6, 6.07) is 21.2. The molecule has 5 rings (SSSR count). The van der Waals surface area contributed by atoms with Crippen molar-refractivity contribution in [2.24, 2.45) is 0 Å². The first-order chi connectivity index (χ1) is 16.0. The fraction of sp³-hybridized carbons (Fsp3) is 0.0400. The van der Waals surface area contributed by atoms with Gasteiger partial charge in [-0.15, -0.1) is 11.3 Å². The van der Waals surface area contributed by atoms with E-state index in [0.29, 0.717) is 26.0 Å². The maximum absolute atomic E-state index is 13.5. The number of fused-ring (bicyclic) bond motifs is 1. The molecule has 0 aliphatic heterocycles. The van der Waals surface area contributed by atoms with Gasteiger partial charge in [0.1, 0.15) is 10.7 Å². The number of halogens is 3. The molecule has 164 valence electrons. The van der Waals surface area contributed by atoms with E-state index in [4.69, 9.17) is 28.3 Å². The van der Waals surface area contributed by atoms with Gasteiger partial charge < -0.3 is 5.32 Å². The van der Waals surface area contributed by atoms with Crippen molar-refractivity contribution in [1.82, 2.24) is 15.1 Å². The highest BCUT2D eigenvalue weighted by molar-refractivity contribution is 7.21. The van der Waals surface area contributed by atoms with Crippen molar-refractivity contribution in [2.45, 2.75) is 6.54 Å². The molecule has 0 spiro atoms. The van der Waals surface area contributed by atoms with Crippen LogP contribution in [0.5, 0.6) is 0 Å². The van der Waals surface area contributed by atoms with E-state index in [-0.39, 0.29) is 18.3 Å². The Kier molecular flexibility index (Phi) is 5.89. The SMILES string of the molecule is O=C(NCc1cn(-c2ccccc2)nc1-c1ccc(F)cc1)c1sc2cccc(Cl)c2c1Cl. The Bertz CT molecular complexity index is 1460. The quantitative estimate of drug-likeness (QED) is 0.281. The Morgan fingerprint density at radius 1 is 1.00 bits per heavy atom. The second-order valence-electron chi connectivity index (χ2n) is 7.33. The van der Waals surface area contributed by atoms with Crippen LogP contribution in [-0.2, 0) is 6.54 Å². The molecule has 1 N–H and O–H groups in total. The zero-order chi connectivity index (χ0) is 22.9. The second kappa shape index (κ2) is 8.98. The number of amides is 1. The Hall–Kier alpha value is -3.19. The van der Waals surface area contributed by atoms with Gasteiger partial charge in [-0.1, -0.05) is 47.5 Å². The number of hydrogen-bond acceptors (Lipinski definition) is 3. The van der Waals surface area contributed by atoms with E-state index in [1.54, 1.807) is 22.9 Å². The zero-order valence-corrected chi connectivity index (χ0v) is 19.4. The zero-order valence-electron chi connectivity index (χ0n) is 17.1. The highest BCUT2D eigenvalue weighted by Crippen LogP contribution is 2.39. The summed E-state index contributed by atoms with van der Waals surface area (Å²) in [7, 11) is 0. The van der Waals surface area contributed by atoms with Crippen LogP contribution in [0.25, 0.3) is 27.0 Å². The number of para-hydroxylation sites is 1. The molecule has 0 saturated carbocycles. The summed E-state index contributed by atoms with van der Waals surface area (Å²) in [5.74, 6) is -0.621. The summed E-state index contributed by atoms with van der Waals surface area (Å²) in [5.41, 5.74) is 3.07. The maximum atomic E-state index is 13.5. The van der Waals surface area contributed by atoms with Gasteiger partial charge in [0.2, 0.25) is 0 Å². The fourth-order valence-corrected chi connectivity index (χ4v) is 5.45. The monoisotopic (exact) mass is 495 g/mol. The van der Waals surface area contributed by atoms with Crippen molar-refractivity contribution >= 4 is 50.5 Å². The average Bonchev–Trinajstić information content (AvgIpc) is 3.41. The van der Waals surface area contributed by atoms with Crippen LogP contribution in [0.2, 0.25) is 10.0 Å². The first kappa shape index (κ1) is 21.6. The molecule has 0 aliphatic rings. The third kappa shape index (κ3) is 4.25. The van der Waals surface area contributed by atoms with Gasteiger partial charge >= 0.3 is 0 Å². The molecule has 0 saturated heterocycles. The first-order valence-electron chi connectivity index (χ1n) is 10.1. The van der Waals surface area contributed by atoms with Gasteiger partial charge in [-0.05, 0) is 48.5 Å². The van der Waals surface area contributed by atoms with Gasteiger partial charge in [0.25, 0.3) is 5.91 Å². The lowest BCUT2D eigenvalue weighted by molar-refractivity contribution is 0.0955. The molecule has 0 bridgehead atoms. The van der Waals surface area contributed by atoms with Crippen molar-refractivity contribution in [3.05, 3.63) is 105 Å². The van der Waals surface area contributed by atoms with Gasteiger partial charge in [-0.2, -0.15) is 5.10 Å². The molecule has 0 atom stereocenters. The van der Waals surface area contributed by atoms with Crippen LogP contribution in [0.4, 0.5) is 4.39 Å². The van der Waals surface area contributed by atoms with E-state index in [2.05, 4.69) is 5.32 Å². The van der Waals surface area contributed by atoms with Crippen molar-refractivity contribution in [1.29, 1.82) is 0 Å². The topological polar surface area (TPSA) is 46.9 Å². The van der Waals surface area contributed by atoms with Crippen LogP contribution in [0.1, 0.15) is 15.2 Å². The molecule has 3 aromatic carbocycles. The molecule has 33 heavy (non-hydrogen) atoms. The minimum Gasteiger partial charge on any atom is -0.347 e. The maximum Gasteiger partial charge on any atom is 0.263 e. The van der Waals surface area contributed by atoms with Crippen LogP contribution in [0, 0.1) is 5.82 Å². The molecule has 0 radical (unpaired) electrons. The van der Waals surface area contributed by atoms with Crippen LogP contribution in [-0.4, -0.2) is 15.7 Å². The van der Waals surface area contributed by atoms with E-state index in [9.17, 15) is 9.18 Å². The molecule has 1 amide bonds. The number of carbonyl (C=O) groups is 1. The summed E-state index contributed by atoms with van der Waals surface area (Å²) >= 11 is 14.0. The van der Waals surface area contributed by atoms with E-state index < -0.39 is 0 Å². The third-order valence-corrected chi connectivity index (χ3v) is 7.14. The first-order valence-corrected chi connectivity index (χ1v) is 11.6. The van der Waals surface area contributed by atoms with Crippen molar-refractivity contribution < 1.29 is 9.18 Å². The minimum absolute atomic E-state index is 0.219. The Morgan fingerprint density at radius 3 is 2.48 bits per heavy atom. The Balaban J connectivity index is 1.47. The third-order valence-electron chi connectivity index (χ3n) is 5.18. The molecule has 2 aromatic heterocycles. The summed E-state index contributed by atoms with van der Waals surface area (Å²) < 4.78 is 16.1. The lowest BCUT2D eigenvalue weighted by Gasteiger charge is -2.05. The average molecular weight is 496 g/mol. The predicted molar refractivity (Wildman–Crippen MR) is 132 cm³/mol. The van der Waals surface area contributed by atoms with Gasteiger partial charge in [-0.3, -0.25) is 4.79 Å². The number of carbonyl (C=O) groups excluding carboxylic acids is 1. The molecule has 0 aliphatic carbocycles. The normalized spacial score (nSPS) is 11.1. The van der Waals surface area contributed by atoms with Crippen LogP contribution >= 0.6 is 34.5 Å². The highest BCUT2D eigenvalue weighted by atomic mass is 35.5. The van der Waals surface area contributed by atoms with Gasteiger partial charge in [0.15, 0.2) is 0 Å². The summed E-state index contributed by atoms with van der Waals surface area (Å²) in [4.78, 5) is 13.4. The van der Waals surface area contributed by atoms with Crippen LogP contribution in [0.15, 0.2) is 79.0 Å². The van der Waals surface area contributed by atoms with Crippen LogP contribution < -0.4 is 5.32 Å². The van der Waals surface area contributed by atoms with E-state index in [0.717, 1.165) is 21.5 Å². The van der Waals surface area contributed by atoms with E-state index in [1.165, 1.54) is 23.5 Å². The van der Waals surface area contributed by atoms with Crippen molar-refractivity contribution in [3.63, 3.8) is 0 Å². The van der Waals surface area contributed by atoms with Gasteiger partial charge in [0.05, 0.1) is 21.4 Å². The highest BCUT2D eigenvalue weighted by Gasteiger charge is 2.20. The molecular weight excluding hydrogens is 480 g/mol. The minimum atomic E-state index is -0.325. The summed E-state index contributed by atoms with van der Waals surface area (Å²) in [6.07, 6.45) is 1.86. The smallest absolute Gasteiger partial charge is 0.263 e. The van der Waals surface area contributed by atoms with E-state index in [1.807, 2.05) is 48.7 Å². The number of aromatic nitrogens is 2. The molecule has 0 fully saturated rings. The summed E-state index contributed by atoms with van der Waals surface area (Å²) in [6.45, 7) is 0.219. The number of nitrogens with zero attached hydrogens (tertiary/aromatic N) is 2.